The predicted molar refractivity (Wildman–Crippen MR) is 81.3 cm³/mol. The molecule has 0 unspecified atom stereocenters. The Balaban J connectivity index is 2.89. The fraction of sp³-hybridized carbons (Fsp3) is 0.533. The molecule has 0 aliphatic heterocycles. The molecule has 0 spiro atoms. The van der Waals surface area contributed by atoms with E-state index in [1.807, 2.05) is 39.0 Å². The molecule has 1 atom stereocenters. The average molecular weight is 297 g/mol. The van der Waals surface area contributed by atoms with Crippen LogP contribution >= 0.6 is 0 Å². The highest BCUT2D eigenvalue weighted by atomic mass is 32.2. The Kier molecular flexibility index (Phi) is 5.74. The highest BCUT2D eigenvalue weighted by molar-refractivity contribution is 7.92. The second-order valence-corrected chi connectivity index (χ2v) is 7.49. The SMILES string of the molecule is CCCNC(=O)[C@@H](C)S(=O)(=O)Cc1cc(C)ccc1C. The summed E-state index contributed by atoms with van der Waals surface area (Å²) in [5.41, 5.74) is 2.71. The number of amides is 1. The fourth-order valence-corrected chi connectivity index (χ4v) is 3.26. The molecule has 0 bridgehead atoms. The van der Waals surface area contributed by atoms with E-state index in [4.69, 9.17) is 0 Å². The van der Waals surface area contributed by atoms with Crippen molar-refractivity contribution in [3.63, 3.8) is 0 Å². The van der Waals surface area contributed by atoms with Crippen molar-refractivity contribution in [2.75, 3.05) is 6.54 Å². The molecule has 1 amide bonds. The van der Waals surface area contributed by atoms with E-state index in [9.17, 15) is 13.2 Å². The van der Waals surface area contributed by atoms with Crippen LogP contribution in [0.2, 0.25) is 0 Å². The van der Waals surface area contributed by atoms with Crippen LogP contribution in [0.1, 0.15) is 37.0 Å². The average Bonchev–Trinajstić information content (AvgIpc) is 2.39. The number of sulfone groups is 1. The third-order valence-electron chi connectivity index (χ3n) is 3.32. The Morgan fingerprint density at radius 3 is 2.55 bits per heavy atom. The molecule has 0 aromatic heterocycles. The van der Waals surface area contributed by atoms with Crippen LogP contribution in [-0.2, 0) is 20.4 Å². The maximum absolute atomic E-state index is 12.3. The number of benzene rings is 1. The highest BCUT2D eigenvalue weighted by Gasteiger charge is 2.28. The zero-order chi connectivity index (χ0) is 15.3. The second-order valence-electron chi connectivity index (χ2n) is 5.17. The van der Waals surface area contributed by atoms with Crippen LogP contribution in [-0.4, -0.2) is 26.1 Å². The minimum absolute atomic E-state index is 0.0960. The van der Waals surface area contributed by atoms with Crippen LogP contribution in [0.4, 0.5) is 0 Å². The Morgan fingerprint density at radius 1 is 1.30 bits per heavy atom. The van der Waals surface area contributed by atoms with Crippen molar-refractivity contribution in [1.29, 1.82) is 0 Å². The van der Waals surface area contributed by atoms with Gasteiger partial charge in [0.25, 0.3) is 0 Å². The number of carbonyl (C=O) groups excluding carboxylic acids is 1. The van der Waals surface area contributed by atoms with Gasteiger partial charge < -0.3 is 5.32 Å². The number of hydrogen-bond acceptors (Lipinski definition) is 3. The van der Waals surface area contributed by atoms with Crippen molar-refractivity contribution in [2.24, 2.45) is 0 Å². The summed E-state index contributed by atoms with van der Waals surface area (Å²) in [6, 6.07) is 5.72. The molecule has 1 rings (SSSR count). The quantitative estimate of drug-likeness (QED) is 0.875. The van der Waals surface area contributed by atoms with E-state index in [1.165, 1.54) is 6.92 Å². The van der Waals surface area contributed by atoms with Crippen molar-refractivity contribution in [3.8, 4) is 0 Å². The summed E-state index contributed by atoms with van der Waals surface area (Å²) in [5.74, 6) is -0.515. The summed E-state index contributed by atoms with van der Waals surface area (Å²) in [5, 5.41) is 1.61. The molecule has 0 aliphatic carbocycles. The summed E-state index contributed by atoms with van der Waals surface area (Å²) in [7, 11) is -3.49. The summed E-state index contributed by atoms with van der Waals surface area (Å²) >= 11 is 0. The van der Waals surface area contributed by atoms with E-state index in [2.05, 4.69) is 5.32 Å². The molecule has 0 aliphatic rings. The molecule has 0 saturated carbocycles. The Bertz CT molecular complexity index is 579. The van der Waals surface area contributed by atoms with E-state index in [-0.39, 0.29) is 5.75 Å². The van der Waals surface area contributed by atoms with Crippen molar-refractivity contribution in [3.05, 3.63) is 34.9 Å². The zero-order valence-electron chi connectivity index (χ0n) is 12.6. The molecule has 0 saturated heterocycles. The number of hydrogen-bond donors (Lipinski definition) is 1. The van der Waals surface area contributed by atoms with Gasteiger partial charge in [0.2, 0.25) is 5.91 Å². The monoisotopic (exact) mass is 297 g/mol. The van der Waals surface area contributed by atoms with Crippen LogP contribution in [0.25, 0.3) is 0 Å². The van der Waals surface area contributed by atoms with Gasteiger partial charge in [-0.15, -0.1) is 0 Å². The minimum atomic E-state index is -3.49. The normalized spacial score (nSPS) is 13.0. The summed E-state index contributed by atoms with van der Waals surface area (Å²) in [6.07, 6.45) is 0.787. The highest BCUT2D eigenvalue weighted by Crippen LogP contribution is 2.17. The molecule has 1 aromatic rings. The molecule has 20 heavy (non-hydrogen) atoms. The smallest absolute Gasteiger partial charge is 0.238 e. The molecule has 1 N–H and O–H groups in total. The lowest BCUT2D eigenvalue weighted by molar-refractivity contribution is -0.120. The summed E-state index contributed by atoms with van der Waals surface area (Å²) in [6.45, 7) is 7.68. The van der Waals surface area contributed by atoms with Gasteiger partial charge in [-0.1, -0.05) is 30.7 Å². The molecule has 112 valence electrons. The summed E-state index contributed by atoms with van der Waals surface area (Å²) < 4.78 is 24.6. The fourth-order valence-electron chi connectivity index (χ4n) is 1.85. The lowest BCUT2D eigenvalue weighted by atomic mass is 10.1. The first-order chi connectivity index (χ1) is 9.27. The lowest BCUT2D eigenvalue weighted by Gasteiger charge is -2.14. The summed E-state index contributed by atoms with van der Waals surface area (Å²) in [4.78, 5) is 11.8. The number of aryl methyl sites for hydroxylation is 2. The van der Waals surface area contributed by atoms with Gasteiger partial charge in [-0.2, -0.15) is 0 Å². The van der Waals surface area contributed by atoms with Crippen molar-refractivity contribution in [2.45, 2.75) is 45.1 Å². The molecular weight excluding hydrogens is 274 g/mol. The van der Waals surface area contributed by atoms with Gasteiger partial charge in [0.05, 0.1) is 5.75 Å². The third kappa shape index (κ3) is 4.34. The van der Waals surface area contributed by atoms with E-state index < -0.39 is 21.0 Å². The van der Waals surface area contributed by atoms with E-state index >= 15 is 0 Å². The lowest BCUT2D eigenvalue weighted by Crippen LogP contribution is -2.38. The van der Waals surface area contributed by atoms with Gasteiger partial charge in [0, 0.05) is 6.54 Å². The van der Waals surface area contributed by atoms with Crippen LogP contribution in [0, 0.1) is 13.8 Å². The molecule has 5 heteroatoms. The van der Waals surface area contributed by atoms with Gasteiger partial charge in [-0.3, -0.25) is 4.79 Å². The standard InChI is InChI=1S/C15H23NO3S/c1-5-8-16-15(17)13(4)20(18,19)10-14-9-11(2)6-7-12(14)3/h6-7,9,13H,5,8,10H2,1-4H3,(H,16,17)/t13-/m1/s1. The van der Waals surface area contributed by atoms with Crippen LogP contribution in [0.3, 0.4) is 0 Å². The largest absolute Gasteiger partial charge is 0.355 e. The first kappa shape index (κ1) is 16.7. The first-order valence-corrected chi connectivity index (χ1v) is 8.55. The Morgan fingerprint density at radius 2 is 1.95 bits per heavy atom. The molecule has 4 nitrogen and oxygen atoms in total. The predicted octanol–water partition coefficient (Wildman–Crippen LogP) is 2.13. The number of nitrogens with one attached hydrogen (secondary N) is 1. The third-order valence-corrected chi connectivity index (χ3v) is 5.32. The molecular formula is C15H23NO3S. The van der Waals surface area contributed by atoms with E-state index in [1.54, 1.807) is 0 Å². The zero-order valence-corrected chi connectivity index (χ0v) is 13.4. The van der Waals surface area contributed by atoms with E-state index in [0.29, 0.717) is 6.54 Å². The minimum Gasteiger partial charge on any atom is -0.355 e. The van der Waals surface area contributed by atoms with Crippen LogP contribution < -0.4 is 5.32 Å². The molecule has 0 heterocycles. The molecule has 1 aromatic carbocycles. The second kappa shape index (κ2) is 6.88. The van der Waals surface area contributed by atoms with E-state index in [0.717, 1.165) is 23.1 Å². The van der Waals surface area contributed by atoms with Crippen molar-refractivity contribution >= 4 is 15.7 Å². The van der Waals surface area contributed by atoms with Gasteiger partial charge in [-0.05, 0) is 38.3 Å². The van der Waals surface area contributed by atoms with Gasteiger partial charge >= 0.3 is 0 Å². The Labute approximate surface area is 121 Å². The van der Waals surface area contributed by atoms with Crippen molar-refractivity contribution < 1.29 is 13.2 Å². The van der Waals surface area contributed by atoms with Gasteiger partial charge in [0.1, 0.15) is 5.25 Å². The molecule has 0 fully saturated rings. The van der Waals surface area contributed by atoms with Crippen LogP contribution in [0.5, 0.6) is 0 Å². The first-order valence-electron chi connectivity index (χ1n) is 6.83. The maximum atomic E-state index is 12.3. The maximum Gasteiger partial charge on any atom is 0.238 e. The number of rotatable bonds is 6. The topological polar surface area (TPSA) is 63.2 Å². The van der Waals surface area contributed by atoms with Crippen LogP contribution in [0.15, 0.2) is 18.2 Å². The van der Waals surface area contributed by atoms with Gasteiger partial charge in [0.15, 0.2) is 9.84 Å². The molecule has 0 radical (unpaired) electrons. The van der Waals surface area contributed by atoms with Crippen molar-refractivity contribution in [1.82, 2.24) is 5.32 Å². The number of carbonyl (C=O) groups is 1. The Hall–Kier alpha value is -1.36. The van der Waals surface area contributed by atoms with Gasteiger partial charge in [-0.25, -0.2) is 8.42 Å².